The smallest absolute Gasteiger partial charge is 0.337 e. The van der Waals surface area contributed by atoms with Gasteiger partial charge in [-0.25, -0.2) is 13.2 Å². The number of ether oxygens (including phenoxy) is 2. The molecule has 1 aromatic rings. The zero-order chi connectivity index (χ0) is 18.0. The zero-order valence-corrected chi connectivity index (χ0v) is 15.4. The Kier molecular flexibility index (Phi) is 5.55. The number of hydrogen-bond donors (Lipinski definition) is 1. The Balaban J connectivity index is 2.23. The van der Waals surface area contributed by atoms with Gasteiger partial charge in [-0.3, -0.25) is 0 Å². The van der Waals surface area contributed by atoms with Crippen LogP contribution in [0.5, 0.6) is 5.75 Å². The Morgan fingerprint density at radius 3 is 2.75 bits per heavy atom. The normalized spacial score (nSPS) is 19.2. The summed E-state index contributed by atoms with van der Waals surface area (Å²) in [5, 5.41) is 3.30. The predicted octanol–water partition coefficient (Wildman–Crippen LogP) is 2.10. The molecule has 1 atom stereocenters. The number of sulfone groups is 1. The first-order valence-corrected chi connectivity index (χ1v) is 9.84. The quantitative estimate of drug-likeness (QED) is 0.787. The van der Waals surface area contributed by atoms with E-state index in [1.807, 2.05) is 13.8 Å². The minimum Gasteiger partial charge on any atom is -0.487 e. The summed E-state index contributed by atoms with van der Waals surface area (Å²) in [6, 6.07) is 5.10. The van der Waals surface area contributed by atoms with E-state index in [2.05, 4.69) is 5.32 Å². The van der Waals surface area contributed by atoms with Crippen LogP contribution in [0.2, 0.25) is 0 Å². The van der Waals surface area contributed by atoms with Gasteiger partial charge in [0, 0.05) is 30.3 Å². The van der Waals surface area contributed by atoms with Crippen LogP contribution < -0.4 is 10.1 Å². The molecule has 1 unspecified atom stereocenters. The summed E-state index contributed by atoms with van der Waals surface area (Å²) in [6.45, 7) is 5.98. The van der Waals surface area contributed by atoms with Crippen molar-refractivity contribution in [1.29, 1.82) is 0 Å². The van der Waals surface area contributed by atoms with Crippen molar-refractivity contribution in [3.05, 3.63) is 29.3 Å². The number of carbonyl (C=O) groups is 1. The average molecular weight is 355 g/mol. The molecular weight excluding hydrogens is 330 g/mol. The van der Waals surface area contributed by atoms with Gasteiger partial charge >= 0.3 is 5.97 Å². The van der Waals surface area contributed by atoms with Gasteiger partial charge in [-0.2, -0.15) is 0 Å². The molecule has 0 fully saturated rings. The summed E-state index contributed by atoms with van der Waals surface area (Å²) in [5.41, 5.74) is 0.930. The van der Waals surface area contributed by atoms with Gasteiger partial charge in [0.25, 0.3) is 0 Å². The number of hydrogen-bond acceptors (Lipinski definition) is 6. The topological polar surface area (TPSA) is 81.7 Å². The van der Waals surface area contributed by atoms with E-state index in [4.69, 9.17) is 9.47 Å². The van der Waals surface area contributed by atoms with E-state index in [0.29, 0.717) is 24.3 Å². The molecule has 0 radical (unpaired) electrons. The lowest BCUT2D eigenvalue weighted by Crippen LogP contribution is -2.40. The van der Waals surface area contributed by atoms with Crippen LogP contribution >= 0.6 is 0 Å². The van der Waals surface area contributed by atoms with Crippen LogP contribution in [0.15, 0.2) is 18.2 Å². The van der Waals surface area contributed by atoms with E-state index >= 15 is 0 Å². The molecule has 6 nitrogen and oxygen atoms in total. The largest absolute Gasteiger partial charge is 0.487 e. The molecule has 7 heteroatoms. The second kappa shape index (κ2) is 7.11. The van der Waals surface area contributed by atoms with Crippen molar-refractivity contribution in [2.45, 2.75) is 38.8 Å². The third-order valence-electron chi connectivity index (χ3n) is 4.13. The van der Waals surface area contributed by atoms with E-state index in [1.165, 1.54) is 7.11 Å². The maximum absolute atomic E-state index is 11.8. The number of fused-ring (bicyclic) bond motifs is 1. The van der Waals surface area contributed by atoms with E-state index in [0.717, 1.165) is 5.56 Å². The molecule has 1 heterocycles. The lowest BCUT2D eigenvalue weighted by Gasteiger charge is -2.38. The highest BCUT2D eigenvalue weighted by molar-refractivity contribution is 7.91. The van der Waals surface area contributed by atoms with Crippen molar-refractivity contribution >= 4 is 15.8 Å². The van der Waals surface area contributed by atoms with Crippen LogP contribution in [0.3, 0.4) is 0 Å². The maximum Gasteiger partial charge on any atom is 0.337 e. The molecule has 1 N–H and O–H groups in total. The van der Waals surface area contributed by atoms with Crippen molar-refractivity contribution < 1.29 is 22.7 Å². The number of methoxy groups -OCH3 is 1. The number of nitrogens with one attached hydrogen (secondary N) is 1. The average Bonchev–Trinajstić information content (AvgIpc) is 2.52. The molecule has 0 saturated heterocycles. The standard InChI is InChI=1S/C17H25NO5S/c1-5-24(20,21)9-8-18-14-11-17(2,3)23-15-7-6-12(10-13(14)15)16(19)22-4/h6-7,10,14,18H,5,8-9,11H2,1-4H3. The molecule has 1 aliphatic heterocycles. The van der Waals surface area contributed by atoms with Crippen molar-refractivity contribution in [2.75, 3.05) is 25.2 Å². The maximum atomic E-state index is 11.8. The summed E-state index contributed by atoms with van der Waals surface area (Å²) < 4.78 is 34.1. The molecule has 1 aromatic carbocycles. The lowest BCUT2D eigenvalue weighted by molar-refractivity contribution is 0.0596. The summed E-state index contributed by atoms with van der Waals surface area (Å²) in [7, 11) is -1.68. The van der Waals surface area contributed by atoms with Gasteiger partial charge in [-0.1, -0.05) is 6.92 Å². The Bertz CT molecular complexity index is 712. The SMILES string of the molecule is CCS(=O)(=O)CCNC1CC(C)(C)Oc2ccc(C(=O)OC)cc21. The highest BCUT2D eigenvalue weighted by Gasteiger charge is 2.34. The molecule has 0 bridgehead atoms. The second-order valence-electron chi connectivity index (χ2n) is 6.55. The van der Waals surface area contributed by atoms with Gasteiger partial charge in [0.05, 0.1) is 18.4 Å². The van der Waals surface area contributed by atoms with E-state index in [9.17, 15) is 13.2 Å². The second-order valence-corrected chi connectivity index (χ2v) is 9.03. The zero-order valence-electron chi connectivity index (χ0n) is 14.6. The molecule has 0 aliphatic carbocycles. The summed E-state index contributed by atoms with van der Waals surface area (Å²) in [5.74, 6) is 0.523. The van der Waals surface area contributed by atoms with E-state index < -0.39 is 15.8 Å². The fourth-order valence-electron chi connectivity index (χ4n) is 2.81. The summed E-state index contributed by atoms with van der Waals surface area (Å²) >= 11 is 0. The van der Waals surface area contributed by atoms with E-state index in [1.54, 1.807) is 25.1 Å². The first kappa shape index (κ1) is 18.7. The van der Waals surface area contributed by atoms with Crippen LogP contribution in [0.4, 0.5) is 0 Å². The highest BCUT2D eigenvalue weighted by atomic mass is 32.2. The van der Waals surface area contributed by atoms with Crippen molar-refractivity contribution in [2.24, 2.45) is 0 Å². The van der Waals surface area contributed by atoms with Crippen molar-refractivity contribution in [3.63, 3.8) is 0 Å². The van der Waals surface area contributed by atoms with Gasteiger partial charge in [-0.15, -0.1) is 0 Å². The molecule has 2 rings (SSSR count). The minimum absolute atomic E-state index is 0.0830. The fraction of sp³-hybridized carbons (Fsp3) is 0.588. The lowest BCUT2D eigenvalue weighted by atomic mass is 9.89. The number of carbonyl (C=O) groups excluding carboxylic acids is 1. The van der Waals surface area contributed by atoms with Gasteiger partial charge in [0.2, 0.25) is 0 Å². The van der Waals surface area contributed by atoms with Crippen molar-refractivity contribution in [3.8, 4) is 5.75 Å². The van der Waals surface area contributed by atoms with Crippen LogP contribution in [-0.4, -0.2) is 45.1 Å². The van der Waals surface area contributed by atoms with Crippen LogP contribution in [0.1, 0.15) is 49.2 Å². The third kappa shape index (κ3) is 4.48. The first-order chi connectivity index (χ1) is 11.2. The molecular formula is C17H25NO5S. The van der Waals surface area contributed by atoms with Gasteiger partial charge in [-0.05, 0) is 32.0 Å². The number of esters is 1. The molecule has 0 amide bonds. The van der Waals surface area contributed by atoms with Crippen LogP contribution in [0.25, 0.3) is 0 Å². The van der Waals surface area contributed by atoms with Crippen LogP contribution in [0, 0.1) is 0 Å². The molecule has 0 saturated carbocycles. The number of benzene rings is 1. The fourth-order valence-corrected chi connectivity index (χ4v) is 3.53. The minimum atomic E-state index is -3.02. The monoisotopic (exact) mass is 355 g/mol. The molecule has 0 spiro atoms. The highest BCUT2D eigenvalue weighted by Crippen LogP contribution is 2.39. The molecule has 1 aliphatic rings. The van der Waals surface area contributed by atoms with Gasteiger partial charge in [0.1, 0.15) is 11.4 Å². The Morgan fingerprint density at radius 2 is 2.12 bits per heavy atom. The molecule has 134 valence electrons. The first-order valence-electron chi connectivity index (χ1n) is 8.02. The third-order valence-corrected chi connectivity index (χ3v) is 5.84. The van der Waals surface area contributed by atoms with E-state index in [-0.39, 0.29) is 23.1 Å². The molecule has 24 heavy (non-hydrogen) atoms. The Hall–Kier alpha value is -1.60. The summed E-state index contributed by atoms with van der Waals surface area (Å²) in [4.78, 5) is 11.8. The van der Waals surface area contributed by atoms with Crippen LogP contribution in [-0.2, 0) is 14.6 Å². The summed E-state index contributed by atoms with van der Waals surface area (Å²) in [6.07, 6.45) is 0.677. The van der Waals surface area contributed by atoms with Gasteiger partial charge in [0.15, 0.2) is 9.84 Å². The van der Waals surface area contributed by atoms with Crippen molar-refractivity contribution in [1.82, 2.24) is 5.32 Å². The Morgan fingerprint density at radius 1 is 1.42 bits per heavy atom. The molecule has 0 aromatic heterocycles. The Labute approximate surface area is 143 Å². The predicted molar refractivity (Wildman–Crippen MR) is 92.2 cm³/mol. The number of rotatable bonds is 6. The van der Waals surface area contributed by atoms with Gasteiger partial charge < -0.3 is 14.8 Å².